The van der Waals surface area contributed by atoms with Crippen LogP contribution in [0.1, 0.15) is 23.1 Å². The molecule has 3 rings (SSSR count). The van der Waals surface area contributed by atoms with E-state index >= 15 is 0 Å². The number of nitrogens with one attached hydrogen (secondary N) is 1. The third-order valence-corrected chi connectivity index (χ3v) is 5.35. The minimum atomic E-state index is -1.04. The average molecular weight is 427 g/mol. The Morgan fingerprint density at radius 3 is 2.80 bits per heavy atom. The van der Waals surface area contributed by atoms with Crippen molar-refractivity contribution in [2.24, 2.45) is 10.2 Å². The number of ether oxygens (including phenoxy) is 2. The van der Waals surface area contributed by atoms with Gasteiger partial charge in [-0.1, -0.05) is 30.0 Å². The van der Waals surface area contributed by atoms with Gasteiger partial charge in [0.15, 0.2) is 5.17 Å². The van der Waals surface area contributed by atoms with Crippen LogP contribution in [0.4, 0.5) is 0 Å². The lowest BCUT2D eigenvalue weighted by Gasteiger charge is -2.12. The number of benzene rings is 2. The van der Waals surface area contributed by atoms with E-state index in [9.17, 15) is 9.59 Å². The van der Waals surface area contributed by atoms with Crippen LogP contribution >= 0.6 is 11.8 Å². The van der Waals surface area contributed by atoms with Crippen LogP contribution < -0.4 is 14.8 Å². The summed E-state index contributed by atoms with van der Waals surface area (Å²) in [6.45, 7) is 2.31. The molecule has 0 saturated carbocycles. The summed E-state index contributed by atoms with van der Waals surface area (Å²) in [7, 11) is 1.60. The highest BCUT2D eigenvalue weighted by molar-refractivity contribution is 8.15. The Labute approximate surface area is 178 Å². The highest BCUT2D eigenvalue weighted by atomic mass is 32.2. The quantitative estimate of drug-likeness (QED) is 0.495. The monoisotopic (exact) mass is 427 g/mol. The van der Waals surface area contributed by atoms with E-state index < -0.39 is 11.2 Å². The molecule has 1 heterocycles. The van der Waals surface area contributed by atoms with Crippen molar-refractivity contribution in [1.29, 1.82) is 0 Å². The van der Waals surface area contributed by atoms with Crippen LogP contribution in [-0.2, 0) is 16.2 Å². The zero-order valence-electron chi connectivity index (χ0n) is 16.5. The molecule has 156 valence electrons. The molecule has 2 N–H and O–H groups in total. The molecule has 0 aliphatic carbocycles. The molecule has 1 unspecified atom stereocenters. The summed E-state index contributed by atoms with van der Waals surface area (Å²) in [4.78, 5) is 22.5. The number of amides is 1. The molecule has 30 heavy (non-hydrogen) atoms. The van der Waals surface area contributed by atoms with Gasteiger partial charge in [-0.2, -0.15) is 5.10 Å². The third-order valence-electron chi connectivity index (χ3n) is 4.27. The second-order valence-corrected chi connectivity index (χ2v) is 7.66. The predicted octanol–water partition coefficient (Wildman–Crippen LogP) is 2.98. The van der Waals surface area contributed by atoms with Gasteiger partial charge in [-0.3, -0.25) is 9.59 Å². The molecule has 1 amide bonds. The number of hydrogen-bond donors (Lipinski definition) is 2. The Bertz CT molecular complexity index is 1010. The fourth-order valence-corrected chi connectivity index (χ4v) is 3.67. The van der Waals surface area contributed by atoms with E-state index in [4.69, 9.17) is 14.6 Å². The van der Waals surface area contributed by atoms with Gasteiger partial charge in [0.25, 0.3) is 0 Å². The third kappa shape index (κ3) is 5.60. The molecule has 0 radical (unpaired) electrons. The van der Waals surface area contributed by atoms with Crippen molar-refractivity contribution in [2.75, 3.05) is 7.11 Å². The Kier molecular flexibility index (Phi) is 7.08. The number of hydrogen-bond acceptors (Lipinski definition) is 7. The largest absolute Gasteiger partial charge is 0.496 e. The number of carboxylic acid groups (broad SMARTS) is 1. The second-order valence-electron chi connectivity index (χ2n) is 6.47. The van der Waals surface area contributed by atoms with Crippen LogP contribution in [0, 0.1) is 6.92 Å². The summed E-state index contributed by atoms with van der Waals surface area (Å²) in [5.41, 5.74) is 2.67. The van der Waals surface area contributed by atoms with E-state index in [1.54, 1.807) is 13.3 Å². The summed E-state index contributed by atoms with van der Waals surface area (Å²) in [6, 6.07) is 13.3. The van der Waals surface area contributed by atoms with Gasteiger partial charge in [0.2, 0.25) is 5.91 Å². The van der Waals surface area contributed by atoms with E-state index in [1.807, 2.05) is 49.4 Å². The fraction of sp³-hybridized carbons (Fsp3) is 0.238. The van der Waals surface area contributed by atoms with Gasteiger partial charge in [-0.15, -0.1) is 5.10 Å². The highest BCUT2D eigenvalue weighted by Gasteiger charge is 2.32. The van der Waals surface area contributed by atoms with Crippen molar-refractivity contribution >= 4 is 35.0 Å². The predicted molar refractivity (Wildman–Crippen MR) is 115 cm³/mol. The van der Waals surface area contributed by atoms with Crippen LogP contribution in [0.15, 0.2) is 52.7 Å². The molecule has 8 nitrogen and oxygen atoms in total. The molecular formula is C21H21N3O5S. The summed E-state index contributed by atoms with van der Waals surface area (Å²) in [5.74, 6) is 0.0830. The Morgan fingerprint density at radius 1 is 1.27 bits per heavy atom. The number of para-hydroxylation sites is 1. The lowest BCUT2D eigenvalue weighted by atomic mass is 10.1. The van der Waals surface area contributed by atoms with Crippen molar-refractivity contribution in [3.63, 3.8) is 0 Å². The molecule has 1 atom stereocenters. The van der Waals surface area contributed by atoms with E-state index in [0.29, 0.717) is 12.4 Å². The Morgan fingerprint density at radius 2 is 2.07 bits per heavy atom. The first-order chi connectivity index (χ1) is 14.5. The van der Waals surface area contributed by atoms with Crippen LogP contribution in [0.25, 0.3) is 0 Å². The number of carboxylic acids is 1. The number of aryl methyl sites for hydroxylation is 1. The van der Waals surface area contributed by atoms with Crippen molar-refractivity contribution in [2.45, 2.75) is 25.2 Å². The lowest BCUT2D eigenvalue weighted by Crippen LogP contribution is -2.26. The Balaban J connectivity index is 1.68. The van der Waals surface area contributed by atoms with Crippen molar-refractivity contribution < 1.29 is 24.2 Å². The van der Waals surface area contributed by atoms with Crippen LogP contribution in [0.3, 0.4) is 0 Å². The first-order valence-electron chi connectivity index (χ1n) is 9.12. The molecule has 1 fully saturated rings. The number of thioether (sulfide) groups is 1. The van der Waals surface area contributed by atoms with Gasteiger partial charge >= 0.3 is 5.97 Å². The van der Waals surface area contributed by atoms with E-state index in [0.717, 1.165) is 34.2 Å². The molecule has 2 aromatic carbocycles. The summed E-state index contributed by atoms with van der Waals surface area (Å²) in [6.07, 6.45) is 1.28. The van der Waals surface area contributed by atoms with Crippen LogP contribution in [0.2, 0.25) is 0 Å². The molecule has 1 saturated heterocycles. The number of rotatable bonds is 8. The summed E-state index contributed by atoms with van der Waals surface area (Å²) < 4.78 is 11.3. The van der Waals surface area contributed by atoms with Gasteiger partial charge in [0.1, 0.15) is 23.4 Å². The topological polar surface area (TPSA) is 110 Å². The van der Waals surface area contributed by atoms with Crippen LogP contribution in [-0.4, -0.2) is 40.7 Å². The zero-order valence-corrected chi connectivity index (χ0v) is 17.3. The smallest absolute Gasteiger partial charge is 0.305 e. The van der Waals surface area contributed by atoms with Gasteiger partial charge in [0, 0.05) is 5.56 Å². The number of carbonyl (C=O) groups excluding carboxylic acids is 1. The highest BCUT2D eigenvalue weighted by Crippen LogP contribution is 2.24. The first-order valence-corrected chi connectivity index (χ1v) is 10.00. The van der Waals surface area contributed by atoms with E-state index in [2.05, 4.69) is 15.5 Å². The molecule has 0 aromatic heterocycles. The number of aliphatic carboxylic acids is 1. The molecule has 2 aromatic rings. The van der Waals surface area contributed by atoms with E-state index in [-0.39, 0.29) is 17.5 Å². The molecule has 0 bridgehead atoms. The second kappa shape index (κ2) is 9.93. The fourth-order valence-electron chi connectivity index (χ4n) is 2.76. The zero-order chi connectivity index (χ0) is 21.5. The van der Waals surface area contributed by atoms with Gasteiger partial charge < -0.3 is 19.9 Å². The van der Waals surface area contributed by atoms with Gasteiger partial charge in [0.05, 0.1) is 19.7 Å². The van der Waals surface area contributed by atoms with Crippen LogP contribution in [0.5, 0.6) is 11.5 Å². The first kappa shape index (κ1) is 21.4. The van der Waals surface area contributed by atoms with E-state index in [1.165, 1.54) is 0 Å². The molecule has 1 aliphatic rings. The number of methoxy groups -OCH3 is 1. The maximum absolute atomic E-state index is 11.7. The molecule has 9 heteroatoms. The molecule has 1 aliphatic heterocycles. The minimum Gasteiger partial charge on any atom is -0.496 e. The normalized spacial score (nSPS) is 17.3. The summed E-state index contributed by atoms with van der Waals surface area (Å²) >= 11 is 1.05. The SMILES string of the molecule is COc1ccc(C=NN=C2NC(=O)C(CC(=O)O)S2)cc1COc1ccccc1C. The van der Waals surface area contributed by atoms with Gasteiger partial charge in [-0.25, -0.2) is 0 Å². The number of amidine groups is 1. The number of nitrogens with zero attached hydrogens (tertiary/aromatic N) is 2. The minimum absolute atomic E-state index is 0.262. The van der Waals surface area contributed by atoms with Crippen molar-refractivity contribution in [3.05, 3.63) is 59.2 Å². The maximum Gasteiger partial charge on any atom is 0.305 e. The maximum atomic E-state index is 11.7. The van der Waals surface area contributed by atoms with Crippen molar-refractivity contribution in [1.82, 2.24) is 5.32 Å². The summed E-state index contributed by atoms with van der Waals surface area (Å²) in [5, 5.41) is 18.9. The number of carbonyl (C=O) groups is 2. The molecule has 0 spiro atoms. The lowest BCUT2D eigenvalue weighted by molar-refractivity contribution is -0.138. The van der Waals surface area contributed by atoms with Gasteiger partial charge in [-0.05, 0) is 42.3 Å². The molecular weight excluding hydrogens is 406 g/mol. The standard InChI is InChI=1S/C21H21N3O5S/c1-13-5-3-4-6-16(13)29-12-15-9-14(7-8-17(15)28-2)11-22-24-21-23-20(27)18(30-21)10-19(25)26/h3-9,11,18H,10,12H2,1-2H3,(H,25,26)(H,23,24,27). The average Bonchev–Trinajstić information content (AvgIpc) is 3.06. The van der Waals surface area contributed by atoms with Crippen molar-refractivity contribution in [3.8, 4) is 11.5 Å². The Hall–Kier alpha value is -3.33.